The van der Waals surface area contributed by atoms with Gasteiger partial charge in [-0.2, -0.15) is 0 Å². The molecular formula is C20H28N2O3. The van der Waals surface area contributed by atoms with Crippen LogP contribution < -0.4 is 4.74 Å². The molecule has 136 valence electrons. The second kappa shape index (κ2) is 7.46. The molecule has 0 bridgehead atoms. The first kappa shape index (κ1) is 17.8. The molecule has 0 N–H and O–H groups in total. The Morgan fingerprint density at radius 3 is 2.20 bits per heavy atom. The summed E-state index contributed by atoms with van der Waals surface area (Å²) in [5.74, 6) is 1.41. The van der Waals surface area contributed by atoms with Gasteiger partial charge in [-0.1, -0.05) is 12.5 Å². The van der Waals surface area contributed by atoms with Gasteiger partial charge in [-0.3, -0.25) is 9.59 Å². The van der Waals surface area contributed by atoms with Crippen molar-refractivity contribution < 1.29 is 14.3 Å². The van der Waals surface area contributed by atoms with Crippen molar-refractivity contribution in [2.45, 2.75) is 39.5 Å². The van der Waals surface area contributed by atoms with E-state index in [0.717, 1.165) is 29.7 Å². The van der Waals surface area contributed by atoms with Crippen LogP contribution in [0.25, 0.3) is 0 Å². The number of carbonyl (C=O) groups is 2. The SMILES string of the molecule is COc1cc(C)c(C)cc1CC(=O)N1CCN(C(=O)C2CCC2)CC1. The van der Waals surface area contributed by atoms with Crippen molar-refractivity contribution in [2.75, 3.05) is 33.3 Å². The van der Waals surface area contributed by atoms with Crippen LogP contribution in [-0.2, 0) is 16.0 Å². The van der Waals surface area contributed by atoms with Crippen molar-refractivity contribution in [3.8, 4) is 5.75 Å². The molecule has 1 saturated carbocycles. The van der Waals surface area contributed by atoms with E-state index in [4.69, 9.17) is 4.74 Å². The van der Waals surface area contributed by atoms with E-state index in [2.05, 4.69) is 0 Å². The van der Waals surface area contributed by atoms with Crippen LogP contribution in [0.5, 0.6) is 5.75 Å². The van der Waals surface area contributed by atoms with Crippen LogP contribution in [0, 0.1) is 19.8 Å². The van der Waals surface area contributed by atoms with Crippen molar-refractivity contribution in [1.29, 1.82) is 0 Å². The number of amides is 2. The first-order chi connectivity index (χ1) is 12.0. The molecule has 0 aromatic heterocycles. The van der Waals surface area contributed by atoms with Crippen LogP contribution in [0.3, 0.4) is 0 Å². The minimum Gasteiger partial charge on any atom is -0.496 e. The number of nitrogens with zero attached hydrogens (tertiary/aromatic N) is 2. The fourth-order valence-electron chi connectivity index (χ4n) is 3.54. The summed E-state index contributed by atoms with van der Waals surface area (Å²) in [6.07, 6.45) is 3.59. The molecule has 5 nitrogen and oxygen atoms in total. The largest absolute Gasteiger partial charge is 0.496 e. The molecule has 0 radical (unpaired) electrons. The van der Waals surface area contributed by atoms with Crippen molar-refractivity contribution >= 4 is 11.8 Å². The summed E-state index contributed by atoms with van der Waals surface area (Å²) in [4.78, 5) is 28.8. The van der Waals surface area contributed by atoms with Gasteiger partial charge in [-0.15, -0.1) is 0 Å². The lowest BCUT2D eigenvalue weighted by atomic mass is 9.84. The minimum absolute atomic E-state index is 0.109. The predicted octanol–water partition coefficient (Wildman–Crippen LogP) is 2.33. The fraction of sp³-hybridized carbons (Fsp3) is 0.600. The Morgan fingerprint density at radius 2 is 1.64 bits per heavy atom. The van der Waals surface area contributed by atoms with Crippen LogP contribution in [0.15, 0.2) is 12.1 Å². The lowest BCUT2D eigenvalue weighted by Crippen LogP contribution is -2.52. The number of ether oxygens (including phenoxy) is 1. The van der Waals surface area contributed by atoms with Gasteiger partial charge >= 0.3 is 0 Å². The van der Waals surface area contributed by atoms with E-state index in [9.17, 15) is 9.59 Å². The van der Waals surface area contributed by atoms with Crippen molar-refractivity contribution in [2.24, 2.45) is 5.92 Å². The number of hydrogen-bond acceptors (Lipinski definition) is 3. The smallest absolute Gasteiger partial charge is 0.227 e. The highest BCUT2D eigenvalue weighted by molar-refractivity contribution is 5.82. The topological polar surface area (TPSA) is 49.9 Å². The van der Waals surface area contributed by atoms with Crippen LogP contribution >= 0.6 is 0 Å². The molecule has 1 aliphatic heterocycles. The third kappa shape index (κ3) is 3.80. The molecule has 1 heterocycles. The van der Waals surface area contributed by atoms with E-state index in [0.29, 0.717) is 32.6 Å². The van der Waals surface area contributed by atoms with E-state index in [1.807, 2.05) is 35.8 Å². The average Bonchev–Trinajstić information content (AvgIpc) is 2.56. The van der Waals surface area contributed by atoms with Gasteiger partial charge in [0.05, 0.1) is 13.5 Å². The minimum atomic E-state index is 0.109. The number of carbonyl (C=O) groups excluding carboxylic acids is 2. The maximum absolute atomic E-state index is 12.7. The first-order valence-electron chi connectivity index (χ1n) is 9.20. The third-order valence-electron chi connectivity index (χ3n) is 5.64. The number of aryl methyl sites for hydroxylation is 2. The average molecular weight is 344 g/mol. The molecule has 25 heavy (non-hydrogen) atoms. The van der Waals surface area contributed by atoms with Crippen molar-refractivity contribution in [3.05, 3.63) is 28.8 Å². The predicted molar refractivity (Wildman–Crippen MR) is 96.7 cm³/mol. The van der Waals surface area contributed by atoms with Gasteiger partial charge in [0.1, 0.15) is 5.75 Å². The number of benzene rings is 1. The summed E-state index contributed by atoms with van der Waals surface area (Å²) in [6, 6.07) is 4.04. The Bertz CT molecular complexity index is 659. The molecule has 1 aromatic carbocycles. The van der Waals surface area contributed by atoms with Gasteiger partial charge in [0, 0.05) is 37.7 Å². The zero-order valence-corrected chi connectivity index (χ0v) is 15.5. The Morgan fingerprint density at radius 1 is 1.04 bits per heavy atom. The summed E-state index contributed by atoms with van der Waals surface area (Å²) in [5.41, 5.74) is 3.26. The highest BCUT2D eigenvalue weighted by Crippen LogP contribution is 2.29. The van der Waals surface area contributed by atoms with Crippen molar-refractivity contribution in [3.63, 3.8) is 0 Å². The van der Waals surface area contributed by atoms with Gasteiger partial charge in [-0.05, 0) is 43.9 Å². The molecule has 0 atom stereocenters. The highest BCUT2D eigenvalue weighted by atomic mass is 16.5. The second-order valence-corrected chi connectivity index (χ2v) is 7.26. The third-order valence-corrected chi connectivity index (χ3v) is 5.64. The highest BCUT2D eigenvalue weighted by Gasteiger charge is 2.32. The summed E-state index contributed by atoms with van der Waals surface area (Å²) in [7, 11) is 1.64. The zero-order valence-electron chi connectivity index (χ0n) is 15.5. The zero-order chi connectivity index (χ0) is 18.0. The van der Waals surface area contributed by atoms with Gasteiger partial charge in [0.25, 0.3) is 0 Å². The molecule has 1 aromatic rings. The summed E-state index contributed by atoms with van der Waals surface area (Å²) in [5, 5.41) is 0. The van der Waals surface area contributed by atoms with E-state index in [-0.39, 0.29) is 17.7 Å². The maximum atomic E-state index is 12.7. The van der Waals surface area contributed by atoms with E-state index in [1.54, 1.807) is 7.11 Å². The molecule has 2 fully saturated rings. The van der Waals surface area contributed by atoms with Gasteiger partial charge in [0.2, 0.25) is 11.8 Å². The van der Waals surface area contributed by atoms with Crippen LogP contribution in [0.4, 0.5) is 0 Å². The summed E-state index contributed by atoms with van der Waals surface area (Å²) in [6.45, 7) is 6.67. The Hall–Kier alpha value is -2.04. The standard InChI is InChI=1S/C20H28N2O3/c1-14-11-17(18(25-3)12-15(14)2)13-19(23)21-7-9-22(10-8-21)20(24)16-5-4-6-16/h11-12,16H,4-10,13H2,1-3H3. The second-order valence-electron chi connectivity index (χ2n) is 7.26. The molecular weight excluding hydrogens is 316 g/mol. The number of methoxy groups -OCH3 is 1. The fourth-order valence-corrected chi connectivity index (χ4v) is 3.54. The number of piperazine rings is 1. The van der Waals surface area contributed by atoms with E-state index >= 15 is 0 Å². The van der Waals surface area contributed by atoms with E-state index in [1.165, 1.54) is 12.0 Å². The van der Waals surface area contributed by atoms with Gasteiger partial charge in [-0.25, -0.2) is 0 Å². The van der Waals surface area contributed by atoms with Gasteiger partial charge < -0.3 is 14.5 Å². The van der Waals surface area contributed by atoms with Crippen LogP contribution in [0.1, 0.15) is 36.0 Å². The quantitative estimate of drug-likeness (QED) is 0.842. The monoisotopic (exact) mass is 344 g/mol. The Labute approximate surface area is 149 Å². The molecule has 1 saturated heterocycles. The summed E-state index contributed by atoms with van der Waals surface area (Å²) >= 11 is 0. The van der Waals surface area contributed by atoms with Crippen molar-refractivity contribution in [1.82, 2.24) is 9.80 Å². The molecule has 1 aliphatic carbocycles. The van der Waals surface area contributed by atoms with E-state index < -0.39 is 0 Å². The molecule has 0 unspecified atom stereocenters. The molecule has 2 amide bonds. The molecule has 2 aliphatic rings. The lowest BCUT2D eigenvalue weighted by molar-refractivity contribution is -0.143. The summed E-state index contributed by atoms with van der Waals surface area (Å²) < 4.78 is 5.44. The Balaban J connectivity index is 1.58. The van der Waals surface area contributed by atoms with Crippen LogP contribution in [-0.4, -0.2) is 54.9 Å². The van der Waals surface area contributed by atoms with Gasteiger partial charge in [0.15, 0.2) is 0 Å². The Kier molecular flexibility index (Phi) is 5.30. The lowest BCUT2D eigenvalue weighted by Gasteiger charge is -2.38. The van der Waals surface area contributed by atoms with Crippen LogP contribution in [0.2, 0.25) is 0 Å². The maximum Gasteiger partial charge on any atom is 0.227 e. The first-order valence-corrected chi connectivity index (χ1v) is 9.20. The normalized spacial score (nSPS) is 18.0. The molecule has 3 rings (SSSR count). The molecule has 5 heteroatoms. The number of rotatable bonds is 4. The molecule has 0 spiro atoms. The number of hydrogen-bond donors (Lipinski definition) is 0.